The Hall–Kier alpha value is -0.980. The Morgan fingerprint density at radius 3 is 3.00 bits per heavy atom. The SMILES string of the molecule is C#CCOc1ccc(Br)cc1CNC1CCC(C)C1. The van der Waals surface area contributed by atoms with Gasteiger partial charge in [0, 0.05) is 22.6 Å². The molecule has 0 saturated heterocycles. The lowest BCUT2D eigenvalue weighted by atomic mass is 10.1. The van der Waals surface area contributed by atoms with Crippen molar-refractivity contribution in [1.29, 1.82) is 0 Å². The van der Waals surface area contributed by atoms with Crippen molar-refractivity contribution in [2.75, 3.05) is 6.61 Å². The monoisotopic (exact) mass is 321 g/mol. The number of rotatable bonds is 5. The van der Waals surface area contributed by atoms with Gasteiger partial charge in [-0.1, -0.05) is 28.8 Å². The summed E-state index contributed by atoms with van der Waals surface area (Å²) in [5.41, 5.74) is 1.16. The van der Waals surface area contributed by atoms with Crippen LogP contribution in [0.3, 0.4) is 0 Å². The fraction of sp³-hybridized carbons (Fsp3) is 0.500. The second-order valence-electron chi connectivity index (χ2n) is 5.24. The lowest BCUT2D eigenvalue weighted by molar-refractivity contribution is 0.363. The van der Waals surface area contributed by atoms with E-state index < -0.39 is 0 Å². The van der Waals surface area contributed by atoms with Crippen LogP contribution >= 0.6 is 15.9 Å². The summed E-state index contributed by atoms with van der Waals surface area (Å²) in [7, 11) is 0. The van der Waals surface area contributed by atoms with Crippen molar-refractivity contribution >= 4 is 15.9 Å². The van der Waals surface area contributed by atoms with Gasteiger partial charge in [-0.25, -0.2) is 0 Å². The van der Waals surface area contributed by atoms with E-state index in [-0.39, 0.29) is 0 Å². The van der Waals surface area contributed by atoms with Crippen molar-refractivity contribution in [1.82, 2.24) is 5.32 Å². The molecule has 1 aliphatic carbocycles. The van der Waals surface area contributed by atoms with Gasteiger partial charge in [0.25, 0.3) is 0 Å². The van der Waals surface area contributed by atoms with E-state index in [2.05, 4.69) is 40.2 Å². The molecule has 102 valence electrons. The van der Waals surface area contributed by atoms with E-state index >= 15 is 0 Å². The minimum Gasteiger partial charge on any atom is -0.481 e. The van der Waals surface area contributed by atoms with Crippen molar-refractivity contribution in [3.8, 4) is 18.1 Å². The van der Waals surface area contributed by atoms with Crippen molar-refractivity contribution < 1.29 is 4.74 Å². The predicted molar refractivity (Wildman–Crippen MR) is 82.1 cm³/mol. The number of halogens is 1. The summed E-state index contributed by atoms with van der Waals surface area (Å²) in [6, 6.07) is 6.68. The standard InChI is InChI=1S/C16H20BrNO/c1-3-8-19-16-7-5-14(17)10-13(16)11-18-15-6-4-12(2)9-15/h1,5,7,10,12,15,18H,4,6,8-9,11H2,2H3. The number of terminal acetylenes is 1. The molecule has 0 aromatic heterocycles. The third-order valence-corrected chi connectivity index (χ3v) is 4.10. The Morgan fingerprint density at radius 1 is 1.47 bits per heavy atom. The molecule has 2 atom stereocenters. The summed E-state index contributed by atoms with van der Waals surface area (Å²) in [6.45, 7) is 3.47. The van der Waals surface area contributed by atoms with Gasteiger partial charge in [-0.2, -0.15) is 0 Å². The Balaban J connectivity index is 1.97. The van der Waals surface area contributed by atoms with Gasteiger partial charge in [0.15, 0.2) is 0 Å². The van der Waals surface area contributed by atoms with E-state index in [1.54, 1.807) is 0 Å². The number of hydrogen-bond acceptors (Lipinski definition) is 2. The minimum absolute atomic E-state index is 0.315. The first-order valence-electron chi connectivity index (χ1n) is 6.77. The van der Waals surface area contributed by atoms with E-state index in [9.17, 15) is 0 Å². The molecule has 1 aliphatic rings. The van der Waals surface area contributed by atoms with Crippen molar-refractivity contribution in [2.24, 2.45) is 5.92 Å². The Morgan fingerprint density at radius 2 is 2.32 bits per heavy atom. The number of hydrogen-bond donors (Lipinski definition) is 1. The van der Waals surface area contributed by atoms with Crippen LogP contribution in [0.1, 0.15) is 31.7 Å². The second kappa shape index (κ2) is 6.98. The molecule has 1 aromatic rings. The number of ether oxygens (including phenoxy) is 1. The Bertz CT molecular complexity index is 466. The fourth-order valence-electron chi connectivity index (χ4n) is 2.59. The Labute approximate surface area is 124 Å². The highest BCUT2D eigenvalue weighted by Crippen LogP contribution is 2.27. The molecule has 1 fully saturated rings. The first-order chi connectivity index (χ1) is 9.19. The van der Waals surface area contributed by atoms with Crippen molar-refractivity contribution in [2.45, 2.75) is 38.8 Å². The molecule has 2 unspecified atom stereocenters. The molecule has 1 aromatic carbocycles. The van der Waals surface area contributed by atoms with Crippen LogP contribution < -0.4 is 10.1 Å². The van der Waals surface area contributed by atoms with Crippen LogP contribution in [0.15, 0.2) is 22.7 Å². The quantitative estimate of drug-likeness (QED) is 0.834. The zero-order valence-corrected chi connectivity index (χ0v) is 12.9. The molecule has 2 nitrogen and oxygen atoms in total. The van der Waals surface area contributed by atoms with Gasteiger partial charge in [-0.15, -0.1) is 6.42 Å². The van der Waals surface area contributed by atoms with Crippen LogP contribution in [0.2, 0.25) is 0 Å². The van der Waals surface area contributed by atoms with Crippen LogP contribution in [-0.4, -0.2) is 12.6 Å². The molecule has 0 aliphatic heterocycles. The molecular weight excluding hydrogens is 302 g/mol. The summed E-state index contributed by atoms with van der Waals surface area (Å²) in [5, 5.41) is 3.62. The average Bonchev–Trinajstić information content (AvgIpc) is 2.81. The zero-order chi connectivity index (χ0) is 13.7. The lowest BCUT2D eigenvalue weighted by Gasteiger charge is -2.15. The van der Waals surface area contributed by atoms with Crippen molar-refractivity contribution in [3.63, 3.8) is 0 Å². The molecule has 3 heteroatoms. The molecule has 1 saturated carbocycles. The zero-order valence-electron chi connectivity index (χ0n) is 11.3. The van der Waals surface area contributed by atoms with E-state index in [1.807, 2.05) is 12.1 Å². The topological polar surface area (TPSA) is 21.3 Å². The van der Waals surface area contributed by atoms with Crippen molar-refractivity contribution in [3.05, 3.63) is 28.2 Å². The van der Waals surface area contributed by atoms with Gasteiger partial charge in [-0.3, -0.25) is 0 Å². The first kappa shape index (κ1) is 14.4. The average molecular weight is 322 g/mol. The van der Waals surface area contributed by atoms with Gasteiger partial charge >= 0.3 is 0 Å². The summed E-state index contributed by atoms with van der Waals surface area (Å²) in [4.78, 5) is 0. The first-order valence-corrected chi connectivity index (χ1v) is 7.56. The maximum atomic E-state index is 5.58. The maximum absolute atomic E-state index is 5.58. The van der Waals surface area contributed by atoms with Gasteiger partial charge in [0.1, 0.15) is 12.4 Å². The maximum Gasteiger partial charge on any atom is 0.148 e. The highest BCUT2D eigenvalue weighted by Gasteiger charge is 2.20. The summed E-state index contributed by atoms with van der Waals surface area (Å²) < 4.78 is 6.65. The van der Waals surface area contributed by atoms with Gasteiger partial charge in [0.2, 0.25) is 0 Å². The number of benzene rings is 1. The third kappa shape index (κ3) is 4.26. The molecule has 19 heavy (non-hydrogen) atoms. The van der Waals surface area contributed by atoms with E-state index in [1.165, 1.54) is 19.3 Å². The molecule has 0 spiro atoms. The van der Waals surface area contributed by atoms with E-state index in [4.69, 9.17) is 11.2 Å². The van der Waals surface area contributed by atoms with Crippen LogP contribution in [0.5, 0.6) is 5.75 Å². The summed E-state index contributed by atoms with van der Waals surface area (Å²) in [5.74, 6) is 4.23. The molecule has 0 heterocycles. The molecule has 0 radical (unpaired) electrons. The third-order valence-electron chi connectivity index (χ3n) is 3.61. The highest BCUT2D eigenvalue weighted by molar-refractivity contribution is 9.10. The van der Waals surface area contributed by atoms with Crippen LogP contribution in [0, 0.1) is 18.3 Å². The summed E-state index contributed by atoms with van der Waals surface area (Å²) in [6.07, 6.45) is 9.12. The molecule has 1 N–H and O–H groups in total. The van der Waals surface area contributed by atoms with Crippen LogP contribution in [0.4, 0.5) is 0 Å². The largest absolute Gasteiger partial charge is 0.481 e. The van der Waals surface area contributed by atoms with Gasteiger partial charge in [0.05, 0.1) is 0 Å². The molecule has 0 bridgehead atoms. The van der Waals surface area contributed by atoms with E-state index in [0.29, 0.717) is 12.6 Å². The lowest BCUT2D eigenvalue weighted by Crippen LogP contribution is -2.26. The minimum atomic E-state index is 0.315. The normalized spacial score (nSPS) is 22.2. The second-order valence-corrected chi connectivity index (χ2v) is 6.16. The molecular formula is C16H20BrNO. The fourth-order valence-corrected chi connectivity index (χ4v) is 3.00. The Kier molecular flexibility index (Phi) is 5.30. The van der Waals surface area contributed by atoms with E-state index in [0.717, 1.165) is 28.2 Å². The molecule has 0 amide bonds. The van der Waals surface area contributed by atoms with Crippen LogP contribution in [0.25, 0.3) is 0 Å². The number of nitrogens with one attached hydrogen (secondary N) is 1. The van der Waals surface area contributed by atoms with Crippen LogP contribution in [-0.2, 0) is 6.54 Å². The predicted octanol–water partition coefficient (Wildman–Crippen LogP) is 3.74. The highest BCUT2D eigenvalue weighted by atomic mass is 79.9. The molecule has 2 rings (SSSR count). The smallest absolute Gasteiger partial charge is 0.148 e. The van der Waals surface area contributed by atoms with Gasteiger partial charge < -0.3 is 10.1 Å². The summed E-state index contributed by atoms with van der Waals surface area (Å²) >= 11 is 3.50. The van der Waals surface area contributed by atoms with Gasteiger partial charge in [-0.05, 0) is 43.4 Å².